The molecule has 0 aromatic heterocycles. The van der Waals surface area contributed by atoms with E-state index in [-0.39, 0.29) is 5.69 Å². The van der Waals surface area contributed by atoms with Crippen molar-refractivity contribution in [3.05, 3.63) is 59.4 Å². The van der Waals surface area contributed by atoms with E-state index in [9.17, 15) is 31.1 Å². The molecule has 2 aromatic carbocycles. The van der Waals surface area contributed by atoms with E-state index in [1.54, 1.807) is 0 Å². The molecule has 2 rings (SSSR count). The fourth-order valence-electron chi connectivity index (χ4n) is 1.80. The van der Waals surface area contributed by atoms with Gasteiger partial charge < -0.3 is 10.6 Å². The third kappa shape index (κ3) is 4.18. The first kappa shape index (κ1) is 17.6. The number of hydrogen-bond donors (Lipinski definition) is 2. The van der Waals surface area contributed by atoms with Crippen LogP contribution in [-0.4, -0.2) is 12.5 Å². The topological polar surface area (TPSA) is 41.1 Å². The van der Waals surface area contributed by atoms with Gasteiger partial charge in [0.25, 0.3) is 0 Å². The van der Waals surface area contributed by atoms with Crippen molar-refractivity contribution in [3.8, 4) is 0 Å². The van der Waals surface area contributed by atoms with Crippen LogP contribution in [0.4, 0.5) is 37.7 Å². The Hall–Kier alpha value is -2.71. The van der Waals surface area contributed by atoms with Gasteiger partial charge in [0.2, 0.25) is 5.91 Å². The number of hydrogen-bond acceptors (Lipinski definition) is 2. The number of benzene rings is 2. The van der Waals surface area contributed by atoms with Crippen molar-refractivity contribution in [1.29, 1.82) is 0 Å². The summed E-state index contributed by atoms with van der Waals surface area (Å²) in [7, 11) is 0. The average Bonchev–Trinajstić information content (AvgIpc) is 2.53. The first-order valence-corrected chi connectivity index (χ1v) is 6.53. The van der Waals surface area contributed by atoms with Gasteiger partial charge in [-0.3, -0.25) is 4.79 Å². The smallest absolute Gasteiger partial charge is 0.376 e. The highest BCUT2D eigenvalue weighted by Gasteiger charge is 2.30. The largest absolute Gasteiger partial charge is 0.416 e. The Balaban J connectivity index is 2.01. The second-order valence-electron chi connectivity index (χ2n) is 4.70. The number of halogens is 6. The minimum atomic E-state index is -4.53. The van der Waals surface area contributed by atoms with Gasteiger partial charge in [0.1, 0.15) is 0 Å². The molecule has 0 spiro atoms. The number of rotatable bonds is 4. The Morgan fingerprint density at radius 3 is 2.38 bits per heavy atom. The SMILES string of the molecule is O=C(CNc1cccc(C(F)(F)F)c1)Nc1ccc(F)c(F)c1F. The van der Waals surface area contributed by atoms with Gasteiger partial charge in [-0.1, -0.05) is 6.07 Å². The summed E-state index contributed by atoms with van der Waals surface area (Å²) in [6.45, 7) is -0.500. The molecule has 0 aliphatic rings. The van der Waals surface area contributed by atoms with Gasteiger partial charge in [-0.2, -0.15) is 13.2 Å². The van der Waals surface area contributed by atoms with E-state index in [0.717, 1.165) is 24.3 Å². The zero-order valence-electron chi connectivity index (χ0n) is 11.8. The van der Waals surface area contributed by atoms with Crippen molar-refractivity contribution in [3.63, 3.8) is 0 Å². The Kier molecular flexibility index (Phi) is 5.01. The van der Waals surface area contributed by atoms with Gasteiger partial charge in [0.15, 0.2) is 17.5 Å². The number of anilines is 2. The van der Waals surface area contributed by atoms with E-state index in [1.165, 1.54) is 6.07 Å². The molecule has 24 heavy (non-hydrogen) atoms. The van der Waals surface area contributed by atoms with Crippen LogP contribution in [0.5, 0.6) is 0 Å². The molecule has 0 saturated carbocycles. The molecule has 2 aromatic rings. The first-order valence-electron chi connectivity index (χ1n) is 6.53. The molecule has 0 aliphatic carbocycles. The van der Waals surface area contributed by atoms with Crippen LogP contribution in [-0.2, 0) is 11.0 Å². The second-order valence-corrected chi connectivity index (χ2v) is 4.70. The van der Waals surface area contributed by atoms with Crippen LogP contribution in [0.3, 0.4) is 0 Å². The number of nitrogens with one attached hydrogen (secondary N) is 2. The summed E-state index contributed by atoms with van der Waals surface area (Å²) in [5.74, 6) is -5.56. The fourth-order valence-corrected chi connectivity index (χ4v) is 1.80. The van der Waals surface area contributed by atoms with Crippen molar-refractivity contribution in [1.82, 2.24) is 0 Å². The van der Waals surface area contributed by atoms with Gasteiger partial charge in [-0.15, -0.1) is 0 Å². The lowest BCUT2D eigenvalue weighted by atomic mass is 10.2. The number of amides is 1. The maximum absolute atomic E-state index is 13.4. The maximum Gasteiger partial charge on any atom is 0.416 e. The fraction of sp³-hybridized carbons (Fsp3) is 0.133. The molecule has 0 aliphatic heterocycles. The van der Waals surface area contributed by atoms with E-state index in [0.29, 0.717) is 6.07 Å². The molecule has 1 amide bonds. The predicted molar refractivity (Wildman–Crippen MR) is 74.9 cm³/mol. The van der Waals surface area contributed by atoms with Crippen molar-refractivity contribution in [2.75, 3.05) is 17.2 Å². The molecular formula is C15H10F6N2O. The van der Waals surface area contributed by atoms with E-state index >= 15 is 0 Å². The van der Waals surface area contributed by atoms with Crippen LogP contribution < -0.4 is 10.6 Å². The Morgan fingerprint density at radius 1 is 1.00 bits per heavy atom. The Morgan fingerprint density at radius 2 is 1.71 bits per heavy atom. The highest BCUT2D eigenvalue weighted by molar-refractivity contribution is 5.93. The minimum Gasteiger partial charge on any atom is -0.376 e. The second kappa shape index (κ2) is 6.81. The average molecular weight is 348 g/mol. The highest BCUT2D eigenvalue weighted by atomic mass is 19.4. The summed E-state index contributed by atoms with van der Waals surface area (Å²) in [4.78, 5) is 11.6. The van der Waals surface area contributed by atoms with Crippen LogP contribution >= 0.6 is 0 Å². The summed E-state index contributed by atoms with van der Waals surface area (Å²) in [5.41, 5.74) is -1.46. The first-order chi connectivity index (χ1) is 11.2. The van der Waals surface area contributed by atoms with Gasteiger partial charge in [0.05, 0.1) is 17.8 Å². The molecule has 0 heterocycles. The highest BCUT2D eigenvalue weighted by Crippen LogP contribution is 2.30. The molecule has 0 saturated heterocycles. The standard InChI is InChI=1S/C15H10F6N2O/c16-10-4-5-11(14(18)13(10)17)23-12(24)7-22-9-3-1-2-8(6-9)15(19,20)21/h1-6,22H,7H2,(H,23,24). The van der Waals surface area contributed by atoms with Crippen LogP contribution in [0, 0.1) is 17.5 Å². The maximum atomic E-state index is 13.4. The Labute approximate surface area is 132 Å². The van der Waals surface area contributed by atoms with E-state index < -0.39 is 47.3 Å². The van der Waals surface area contributed by atoms with E-state index in [4.69, 9.17) is 0 Å². The lowest BCUT2D eigenvalue weighted by Crippen LogP contribution is -2.22. The summed E-state index contributed by atoms with van der Waals surface area (Å²) in [5, 5.41) is 4.41. The molecule has 0 atom stereocenters. The summed E-state index contributed by atoms with van der Waals surface area (Å²) < 4.78 is 76.9. The van der Waals surface area contributed by atoms with Crippen LogP contribution in [0.1, 0.15) is 5.56 Å². The van der Waals surface area contributed by atoms with E-state index in [2.05, 4.69) is 5.32 Å². The molecule has 0 fully saturated rings. The normalized spacial score (nSPS) is 11.2. The van der Waals surface area contributed by atoms with Gasteiger partial charge in [0, 0.05) is 5.69 Å². The third-order valence-corrected chi connectivity index (χ3v) is 2.95. The molecule has 9 heteroatoms. The van der Waals surface area contributed by atoms with Crippen molar-refractivity contribution >= 4 is 17.3 Å². The predicted octanol–water partition coefficient (Wildman–Crippen LogP) is 4.17. The van der Waals surface area contributed by atoms with Crippen LogP contribution in [0.25, 0.3) is 0 Å². The third-order valence-electron chi connectivity index (χ3n) is 2.95. The molecule has 2 N–H and O–H groups in total. The number of carbonyl (C=O) groups is 1. The molecular weight excluding hydrogens is 338 g/mol. The van der Waals surface area contributed by atoms with Gasteiger partial charge in [-0.25, -0.2) is 13.2 Å². The van der Waals surface area contributed by atoms with Crippen LogP contribution in [0.2, 0.25) is 0 Å². The lowest BCUT2D eigenvalue weighted by molar-refractivity contribution is -0.137. The molecule has 0 bridgehead atoms. The zero-order chi connectivity index (χ0) is 17.9. The van der Waals surface area contributed by atoms with Crippen molar-refractivity contribution in [2.24, 2.45) is 0 Å². The monoisotopic (exact) mass is 348 g/mol. The van der Waals surface area contributed by atoms with Crippen molar-refractivity contribution in [2.45, 2.75) is 6.18 Å². The zero-order valence-corrected chi connectivity index (χ0v) is 11.8. The summed E-state index contributed by atoms with van der Waals surface area (Å²) in [6, 6.07) is 5.58. The minimum absolute atomic E-state index is 0.0192. The van der Waals surface area contributed by atoms with Crippen LogP contribution in [0.15, 0.2) is 36.4 Å². The summed E-state index contributed by atoms with van der Waals surface area (Å²) >= 11 is 0. The van der Waals surface area contributed by atoms with E-state index in [1.807, 2.05) is 5.32 Å². The molecule has 0 unspecified atom stereocenters. The van der Waals surface area contributed by atoms with Gasteiger partial charge >= 0.3 is 6.18 Å². The molecule has 3 nitrogen and oxygen atoms in total. The molecule has 0 radical (unpaired) electrons. The lowest BCUT2D eigenvalue weighted by Gasteiger charge is -2.11. The van der Waals surface area contributed by atoms with Crippen molar-refractivity contribution < 1.29 is 31.1 Å². The quantitative estimate of drug-likeness (QED) is 0.643. The number of alkyl halides is 3. The Bertz CT molecular complexity index is 760. The van der Waals surface area contributed by atoms with Gasteiger partial charge in [-0.05, 0) is 30.3 Å². The summed E-state index contributed by atoms with van der Waals surface area (Å²) in [6.07, 6.45) is -4.53. The number of carbonyl (C=O) groups excluding carboxylic acids is 1. The molecule has 128 valence electrons.